The van der Waals surface area contributed by atoms with Crippen LogP contribution in [0.1, 0.15) is 19.5 Å². The maximum Gasteiger partial charge on any atom is 0.405 e. The molecule has 16 heteroatoms. The van der Waals surface area contributed by atoms with Crippen LogP contribution < -0.4 is 16.8 Å². The van der Waals surface area contributed by atoms with E-state index in [1.165, 1.54) is 36.2 Å². The number of thioether (sulfide) groups is 1. The Morgan fingerprint density at radius 2 is 2.11 bits per heavy atom. The van der Waals surface area contributed by atoms with Crippen LogP contribution in [0.3, 0.4) is 0 Å². The molecule has 0 aromatic carbocycles. The van der Waals surface area contributed by atoms with Crippen molar-refractivity contribution in [1.82, 2.24) is 15.2 Å². The number of carbonyl (C=O) groups excluding carboxylic acids is 4. The first-order valence-electron chi connectivity index (χ1n) is 9.82. The molecule has 3 atom stereocenters. The lowest BCUT2D eigenvalue weighted by Gasteiger charge is -2.49. The fourth-order valence-corrected chi connectivity index (χ4v) is 5.03. The van der Waals surface area contributed by atoms with Crippen LogP contribution in [-0.4, -0.2) is 73.8 Å². The van der Waals surface area contributed by atoms with Crippen molar-refractivity contribution in [2.24, 2.45) is 10.9 Å². The number of allylic oxidation sites excluding steroid dienone is 1. The van der Waals surface area contributed by atoms with Crippen molar-refractivity contribution in [3.05, 3.63) is 34.5 Å². The number of fused-ring (bicyclic) bond motifs is 1. The largest absolute Gasteiger partial charge is 0.477 e. The van der Waals surface area contributed by atoms with E-state index in [0.29, 0.717) is 5.57 Å². The van der Waals surface area contributed by atoms with Gasteiger partial charge in [-0.25, -0.2) is 19.4 Å². The third kappa shape index (κ3) is 5.78. The average Bonchev–Trinajstić information content (AvgIpc) is 3.20. The fraction of sp³-hybridized carbons (Fsp3) is 0.316. The second-order valence-electron chi connectivity index (χ2n) is 7.13. The second-order valence-corrected chi connectivity index (χ2v) is 9.13. The van der Waals surface area contributed by atoms with E-state index in [1.54, 1.807) is 0 Å². The number of carbonyl (C=O) groups is 5. The molecule has 2 aliphatic rings. The molecule has 3 amide bonds. The Morgan fingerprint density at radius 3 is 2.69 bits per heavy atom. The average molecular weight is 525 g/mol. The molecule has 0 unspecified atom stereocenters. The number of aromatic nitrogens is 1. The van der Waals surface area contributed by atoms with Crippen LogP contribution in [0.2, 0.25) is 0 Å². The number of nitrogens with one attached hydrogen (secondary N) is 1. The van der Waals surface area contributed by atoms with Crippen LogP contribution in [0.15, 0.2) is 34.0 Å². The van der Waals surface area contributed by atoms with Gasteiger partial charge in [-0.3, -0.25) is 14.5 Å². The first kappa shape index (κ1) is 25.7. The van der Waals surface area contributed by atoms with Gasteiger partial charge in [0, 0.05) is 18.1 Å². The van der Waals surface area contributed by atoms with Crippen molar-refractivity contribution < 1.29 is 38.7 Å². The zero-order chi connectivity index (χ0) is 25.9. The van der Waals surface area contributed by atoms with Crippen LogP contribution in [0.25, 0.3) is 0 Å². The first-order chi connectivity index (χ1) is 16.5. The molecule has 1 saturated heterocycles. The van der Waals surface area contributed by atoms with Gasteiger partial charge in [0.1, 0.15) is 28.9 Å². The van der Waals surface area contributed by atoms with Gasteiger partial charge in [0.05, 0.1) is 0 Å². The van der Waals surface area contributed by atoms with E-state index >= 15 is 0 Å². The minimum absolute atomic E-state index is 0.0389. The van der Waals surface area contributed by atoms with Gasteiger partial charge >= 0.3 is 18.0 Å². The Kier molecular flexibility index (Phi) is 7.75. The van der Waals surface area contributed by atoms with E-state index in [0.717, 1.165) is 23.2 Å². The van der Waals surface area contributed by atoms with Crippen molar-refractivity contribution >= 4 is 63.8 Å². The number of thiazole rings is 1. The van der Waals surface area contributed by atoms with E-state index in [2.05, 4.69) is 20.3 Å². The van der Waals surface area contributed by atoms with Gasteiger partial charge in [-0.15, -0.1) is 23.1 Å². The number of hydrogen-bond donors (Lipinski definition) is 4. The van der Waals surface area contributed by atoms with Crippen molar-refractivity contribution in [3.8, 4) is 0 Å². The van der Waals surface area contributed by atoms with Gasteiger partial charge < -0.3 is 31.5 Å². The number of carboxylic acid groups (broad SMARTS) is 1. The lowest BCUT2D eigenvalue weighted by Crippen LogP contribution is -2.71. The normalized spacial score (nSPS) is 20.7. The Balaban J connectivity index is 1.79. The molecule has 1 aromatic heterocycles. The molecule has 14 nitrogen and oxygen atoms in total. The molecule has 2 aliphatic heterocycles. The molecule has 0 saturated carbocycles. The molecular formula is C19H20N6O8S2. The molecule has 0 aliphatic carbocycles. The standard InChI is InChI=1S/C19H20N6O8S2/c1-7(32-19(21)31)3-4-9-5-34-16-12(15(28)25(16)13(9)17(29)30)23-14(27)11(24-33-8(2)26)10-6-35-18(20)22-10/h3-4,6-7,12,16H,5H2,1-2H3,(H2,20,22)(H2,21,31)(H,23,27)(H,29,30)/b4-3-,24-11?/t7-,12+,16+/m0/s1. The quantitative estimate of drug-likeness (QED) is 0.151. The number of rotatable bonds is 8. The summed E-state index contributed by atoms with van der Waals surface area (Å²) < 4.78 is 4.77. The summed E-state index contributed by atoms with van der Waals surface area (Å²) in [5.41, 5.74) is 10.3. The van der Waals surface area contributed by atoms with Gasteiger partial charge in [0.15, 0.2) is 10.8 Å². The third-order valence-electron chi connectivity index (χ3n) is 4.60. The summed E-state index contributed by atoms with van der Waals surface area (Å²) in [6.07, 6.45) is 1.17. The minimum atomic E-state index is -1.34. The predicted octanol–water partition coefficient (Wildman–Crippen LogP) is -0.229. The van der Waals surface area contributed by atoms with Gasteiger partial charge in [0.2, 0.25) is 0 Å². The number of amides is 3. The number of nitrogens with zero attached hydrogens (tertiary/aromatic N) is 3. The topological polar surface area (TPSA) is 217 Å². The number of carboxylic acids is 1. The van der Waals surface area contributed by atoms with E-state index in [1.807, 2.05) is 0 Å². The van der Waals surface area contributed by atoms with Crippen molar-refractivity contribution in [1.29, 1.82) is 0 Å². The SMILES string of the molecule is CC(=O)ON=C(C(=O)N[C@@H]1C(=O)N2C(C(=O)O)=C(/C=C\[C@H](C)OC(N)=O)CS[C@H]12)c1csc(N)n1. The Labute approximate surface area is 206 Å². The number of aliphatic carboxylic acids is 1. The van der Waals surface area contributed by atoms with E-state index in [-0.39, 0.29) is 28.0 Å². The van der Waals surface area contributed by atoms with Crippen LogP contribution in [0.5, 0.6) is 0 Å². The summed E-state index contributed by atoms with van der Waals surface area (Å²) in [6, 6.07) is -1.07. The minimum Gasteiger partial charge on any atom is -0.477 e. The zero-order valence-corrected chi connectivity index (χ0v) is 19.9. The highest BCUT2D eigenvalue weighted by molar-refractivity contribution is 8.00. The molecule has 186 valence electrons. The molecule has 0 bridgehead atoms. The molecule has 1 fully saturated rings. The Hall–Kier alpha value is -3.92. The summed E-state index contributed by atoms with van der Waals surface area (Å²) in [5.74, 6) is -3.45. The lowest BCUT2D eigenvalue weighted by molar-refractivity contribution is -0.150. The summed E-state index contributed by atoms with van der Waals surface area (Å²) in [6.45, 7) is 2.62. The van der Waals surface area contributed by atoms with Crippen molar-refractivity contribution in [3.63, 3.8) is 0 Å². The van der Waals surface area contributed by atoms with Crippen LogP contribution in [-0.2, 0) is 28.8 Å². The summed E-state index contributed by atoms with van der Waals surface area (Å²) in [7, 11) is 0. The van der Waals surface area contributed by atoms with Crippen LogP contribution in [0, 0.1) is 0 Å². The summed E-state index contributed by atoms with van der Waals surface area (Å²) in [4.78, 5) is 69.2. The molecule has 3 rings (SSSR count). The molecule has 3 heterocycles. The first-order valence-corrected chi connectivity index (χ1v) is 11.8. The van der Waals surface area contributed by atoms with Crippen molar-refractivity contribution in [2.75, 3.05) is 11.5 Å². The highest BCUT2D eigenvalue weighted by Gasteiger charge is 2.54. The number of nitrogen functional groups attached to an aromatic ring is 1. The number of anilines is 1. The van der Waals surface area contributed by atoms with Crippen molar-refractivity contribution in [2.45, 2.75) is 31.4 Å². The molecule has 0 radical (unpaired) electrons. The number of ether oxygens (including phenoxy) is 1. The zero-order valence-electron chi connectivity index (χ0n) is 18.3. The summed E-state index contributed by atoms with van der Waals surface area (Å²) in [5, 5.41) is 16.6. The molecule has 35 heavy (non-hydrogen) atoms. The van der Waals surface area contributed by atoms with Gasteiger partial charge in [-0.1, -0.05) is 11.2 Å². The van der Waals surface area contributed by atoms with Gasteiger partial charge in [0.25, 0.3) is 11.8 Å². The lowest BCUT2D eigenvalue weighted by atomic mass is 10.0. The maximum absolute atomic E-state index is 12.9. The number of primary amides is 1. The summed E-state index contributed by atoms with van der Waals surface area (Å²) >= 11 is 2.25. The highest BCUT2D eigenvalue weighted by atomic mass is 32.2. The smallest absolute Gasteiger partial charge is 0.405 e. The number of oxime groups is 1. The Morgan fingerprint density at radius 1 is 1.40 bits per heavy atom. The molecule has 6 N–H and O–H groups in total. The third-order valence-corrected chi connectivity index (χ3v) is 6.58. The predicted molar refractivity (Wildman–Crippen MR) is 124 cm³/mol. The van der Waals surface area contributed by atoms with Gasteiger partial charge in [-0.2, -0.15) is 0 Å². The monoisotopic (exact) mass is 524 g/mol. The highest BCUT2D eigenvalue weighted by Crippen LogP contribution is 2.40. The van der Waals surface area contributed by atoms with E-state index in [4.69, 9.17) is 16.2 Å². The molecule has 0 spiro atoms. The maximum atomic E-state index is 12.9. The van der Waals surface area contributed by atoms with E-state index in [9.17, 15) is 29.1 Å². The van der Waals surface area contributed by atoms with Crippen LogP contribution in [0.4, 0.5) is 9.93 Å². The molecule has 1 aromatic rings. The Bertz CT molecular complexity index is 1180. The number of hydrogen-bond acceptors (Lipinski definition) is 12. The number of nitrogens with two attached hydrogens (primary N) is 2. The molecular weight excluding hydrogens is 504 g/mol. The van der Waals surface area contributed by atoms with Crippen LogP contribution >= 0.6 is 23.1 Å². The van der Waals surface area contributed by atoms with E-state index < -0.39 is 47.4 Å². The van der Waals surface area contributed by atoms with Gasteiger partial charge in [-0.05, 0) is 18.6 Å². The fourth-order valence-electron chi connectivity index (χ4n) is 3.17. The second kappa shape index (κ2) is 10.6. The number of β-lactam (4-membered cyclic amide) rings is 1.